The van der Waals surface area contributed by atoms with E-state index in [9.17, 15) is 4.79 Å². The Balaban J connectivity index is 1.51. The smallest absolute Gasteiger partial charge is 0.410 e. The van der Waals surface area contributed by atoms with Crippen molar-refractivity contribution in [2.75, 3.05) is 6.54 Å². The molecule has 120 valence electrons. The Morgan fingerprint density at radius 3 is 3.00 bits per heavy atom. The minimum atomic E-state index is -0.233. The fourth-order valence-corrected chi connectivity index (χ4v) is 2.76. The van der Waals surface area contributed by atoms with Gasteiger partial charge in [0.25, 0.3) is 0 Å². The van der Waals surface area contributed by atoms with E-state index in [0.29, 0.717) is 6.61 Å². The van der Waals surface area contributed by atoms with E-state index < -0.39 is 0 Å². The summed E-state index contributed by atoms with van der Waals surface area (Å²) in [7, 11) is 0. The number of allylic oxidation sites excluding steroid dienone is 1. The zero-order chi connectivity index (χ0) is 15.9. The number of aromatic nitrogens is 2. The molecule has 0 saturated carbocycles. The third-order valence-corrected chi connectivity index (χ3v) is 3.97. The highest BCUT2D eigenvalue weighted by Gasteiger charge is 2.27. The van der Waals surface area contributed by atoms with Crippen molar-refractivity contribution in [3.05, 3.63) is 66.8 Å². The van der Waals surface area contributed by atoms with Crippen LogP contribution in [0.4, 0.5) is 4.79 Å². The Labute approximate surface area is 136 Å². The number of hydrogen-bond donors (Lipinski definition) is 0. The normalized spacial score (nSPS) is 17.7. The van der Waals surface area contributed by atoms with Crippen LogP contribution in [0, 0.1) is 0 Å². The van der Waals surface area contributed by atoms with Crippen LogP contribution in [-0.4, -0.2) is 33.1 Å². The first kappa shape index (κ1) is 15.3. The number of ether oxygens (including phenoxy) is 1. The molecule has 1 fully saturated rings. The molecule has 1 saturated heterocycles. The summed E-state index contributed by atoms with van der Waals surface area (Å²) in [5.74, 6) is 0. The van der Waals surface area contributed by atoms with Gasteiger partial charge in [-0.3, -0.25) is 0 Å². The molecule has 1 aliphatic heterocycles. The van der Waals surface area contributed by atoms with E-state index in [1.165, 1.54) is 0 Å². The molecule has 0 spiro atoms. The number of carbonyl (C=O) groups is 1. The largest absolute Gasteiger partial charge is 0.445 e. The molecule has 2 heterocycles. The van der Waals surface area contributed by atoms with E-state index in [1.54, 1.807) is 12.5 Å². The van der Waals surface area contributed by atoms with Gasteiger partial charge in [-0.05, 0) is 18.4 Å². The number of likely N-dealkylation sites (tertiary alicyclic amines) is 1. The predicted molar refractivity (Wildman–Crippen MR) is 87.7 cm³/mol. The van der Waals surface area contributed by atoms with E-state index in [-0.39, 0.29) is 12.1 Å². The van der Waals surface area contributed by atoms with Crippen molar-refractivity contribution in [2.45, 2.75) is 32.0 Å². The molecule has 1 amide bonds. The maximum atomic E-state index is 12.3. The van der Waals surface area contributed by atoms with Crippen molar-refractivity contribution in [3.8, 4) is 0 Å². The van der Waals surface area contributed by atoms with Gasteiger partial charge in [0.2, 0.25) is 0 Å². The summed E-state index contributed by atoms with van der Waals surface area (Å²) in [4.78, 5) is 18.1. The molecule has 1 unspecified atom stereocenters. The van der Waals surface area contributed by atoms with Crippen LogP contribution < -0.4 is 0 Å². The van der Waals surface area contributed by atoms with Gasteiger partial charge in [0.05, 0.1) is 12.4 Å². The lowest BCUT2D eigenvalue weighted by Crippen LogP contribution is -2.34. The lowest BCUT2D eigenvalue weighted by molar-refractivity contribution is 0.0974. The SMILES string of the molecule is O=C(OCc1ccccc1)N1CCCC1C=CCn1ccnc1. The molecule has 3 rings (SSSR count). The first-order valence-electron chi connectivity index (χ1n) is 7.92. The van der Waals surface area contributed by atoms with Crippen LogP contribution in [0.5, 0.6) is 0 Å². The second-order valence-electron chi connectivity index (χ2n) is 5.63. The Hall–Kier alpha value is -2.56. The topological polar surface area (TPSA) is 47.4 Å². The summed E-state index contributed by atoms with van der Waals surface area (Å²) in [6.07, 6.45) is 11.4. The van der Waals surface area contributed by atoms with Gasteiger partial charge in [0.1, 0.15) is 6.61 Å². The van der Waals surface area contributed by atoms with E-state index in [1.807, 2.05) is 46.0 Å². The molecule has 0 N–H and O–H groups in total. The fraction of sp³-hybridized carbons (Fsp3) is 0.333. The first-order valence-corrected chi connectivity index (χ1v) is 7.92. The van der Waals surface area contributed by atoms with Gasteiger partial charge < -0.3 is 14.2 Å². The van der Waals surface area contributed by atoms with Crippen molar-refractivity contribution in [2.24, 2.45) is 0 Å². The molecule has 5 heteroatoms. The van der Waals surface area contributed by atoms with Crippen molar-refractivity contribution in [1.29, 1.82) is 0 Å². The highest BCUT2D eigenvalue weighted by Crippen LogP contribution is 2.20. The maximum absolute atomic E-state index is 12.3. The van der Waals surface area contributed by atoms with E-state index in [0.717, 1.165) is 31.5 Å². The number of nitrogens with zero attached hydrogens (tertiary/aromatic N) is 3. The molecular weight excluding hydrogens is 290 g/mol. The third kappa shape index (κ3) is 4.22. The lowest BCUT2D eigenvalue weighted by Gasteiger charge is -2.21. The predicted octanol–water partition coefficient (Wildman–Crippen LogP) is 3.24. The fourth-order valence-electron chi connectivity index (χ4n) is 2.76. The monoisotopic (exact) mass is 311 g/mol. The number of carbonyl (C=O) groups excluding carboxylic acids is 1. The van der Waals surface area contributed by atoms with Gasteiger partial charge >= 0.3 is 6.09 Å². The Bertz CT molecular complexity index is 638. The standard InChI is InChI=1S/C18H21N3O2/c22-18(23-14-16-6-2-1-3-7-16)21-12-5-9-17(21)8-4-11-20-13-10-19-15-20/h1-4,6-8,10,13,15,17H,5,9,11-12,14H2. The zero-order valence-electron chi connectivity index (χ0n) is 13.0. The van der Waals surface area contributed by atoms with Gasteiger partial charge in [-0.2, -0.15) is 0 Å². The van der Waals surface area contributed by atoms with Crippen molar-refractivity contribution >= 4 is 6.09 Å². The van der Waals surface area contributed by atoms with Crippen LogP contribution in [0.1, 0.15) is 18.4 Å². The summed E-state index contributed by atoms with van der Waals surface area (Å²) in [5.41, 5.74) is 1.01. The molecule has 23 heavy (non-hydrogen) atoms. The van der Waals surface area contributed by atoms with Crippen LogP contribution in [0.2, 0.25) is 0 Å². The summed E-state index contributed by atoms with van der Waals surface area (Å²) in [6, 6.07) is 9.88. The Morgan fingerprint density at radius 2 is 2.22 bits per heavy atom. The van der Waals surface area contributed by atoms with Gasteiger partial charge in [0, 0.05) is 25.5 Å². The molecule has 1 aromatic carbocycles. The lowest BCUT2D eigenvalue weighted by atomic mass is 10.2. The van der Waals surface area contributed by atoms with Gasteiger partial charge in [-0.1, -0.05) is 42.5 Å². The van der Waals surface area contributed by atoms with E-state index >= 15 is 0 Å². The van der Waals surface area contributed by atoms with Crippen LogP contribution >= 0.6 is 0 Å². The average Bonchev–Trinajstić information content (AvgIpc) is 3.25. The van der Waals surface area contributed by atoms with Gasteiger partial charge in [-0.25, -0.2) is 9.78 Å². The summed E-state index contributed by atoms with van der Waals surface area (Å²) >= 11 is 0. The summed E-state index contributed by atoms with van der Waals surface area (Å²) in [5, 5.41) is 0. The van der Waals surface area contributed by atoms with Crippen LogP contribution in [0.25, 0.3) is 0 Å². The van der Waals surface area contributed by atoms with E-state index in [2.05, 4.69) is 17.1 Å². The summed E-state index contributed by atoms with van der Waals surface area (Å²) < 4.78 is 7.42. The number of hydrogen-bond acceptors (Lipinski definition) is 3. The van der Waals surface area contributed by atoms with Crippen LogP contribution in [0.15, 0.2) is 61.2 Å². The maximum Gasteiger partial charge on any atom is 0.410 e. The molecule has 1 atom stereocenters. The minimum absolute atomic E-state index is 0.127. The van der Waals surface area contributed by atoms with Gasteiger partial charge in [-0.15, -0.1) is 0 Å². The second kappa shape index (κ2) is 7.63. The molecule has 0 aliphatic carbocycles. The van der Waals surface area contributed by atoms with Crippen molar-refractivity contribution in [1.82, 2.24) is 14.5 Å². The Morgan fingerprint density at radius 1 is 1.35 bits per heavy atom. The van der Waals surface area contributed by atoms with Crippen molar-refractivity contribution < 1.29 is 9.53 Å². The second-order valence-corrected chi connectivity index (χ2v) is 5.63. The van der Waals surface area contributed by atoms with Gasteiger partial charge in [0.15, 0.2) is 0 Å². The number of benzene rings is 1. The van der Waals surface area contributed by atoms with Crippen molar-refractivity contribution in [3.63, 3.8) is 0 Å². The van der Waals surface area contributed by atoms with Crippen LogP contribution in [-0.2, 0) is 17.9 Å². The summed E-state index contributed by atoms with van der Waals surface area (Å²) in [6.45, 7) is 1.85. The van der Waals surface area contributed by atoms with Crippen LogP contribution in [0.3, 0.4) is 0 Å². The highest BCUT2D eigenvalue weighted by atomic mass is 16.6. The number of rotatable bonds is 5. The molecular formula is C18H21N3O2. The molecule has 1 aliphatic rings. The Kier molecular flexibility index (Phi) is 5.09. The zero-order valence-corrected chi connectivity index (χ0v) is 13.0. The molecule has 0 radical (unpaired) electrons. The quantitative estimate of drug-likeness (QED) is 0.796. The molecule has 0 bridgehead atoms. The third-order valence-electron chi connectivity index (χ3n) is 3.97. The van der Waals surface area contributed by atoms with E-state index in [4.69, 9.17) is 4.74 Å². The average molecular weight is 311 g/mol. The minimum Gasteiger partial charge on any atom is -0.445 e. The number of amides is 1. The molecule has 2 aromatic rings. The first-order chi connectivity index (χ1) is 11.3. The number of imidazole rings is 1. The molecule has 1 aromatic heterocycles. The highest BCUT2D eigenvalue weighted by molar-refractivity contribution is 5.68. The molecule has 5 nitrogen and oxygen atoms in total.